The van der Waals surface area contributed by atoms with Crippen LogP contribution in [-0.4, -0.2) is 38.4 Å². The molecular formula is C13H25NO3. The van der Waals surface area contributed by atoms with Crippen LogP contribution < -0.4 is 5.32 Å². The Bertz CT molecular complexity index is 241. The summed E-state index contributed by atoms with van der Waals surface area (Å²) >= 11 is 0. The van der Waals surface area contributed by atoms with Gasteiger partial charge in [0, 0.05) is 12.6 Å². The molecule has 1 aliphatic rings. The first-order valence-electron chi connectivity index (χ1n) is 6.50. The summed E-state index contributed by atoms with van der Waals surface area (Å²) in [7, 11) is 0. The van der Waals surface area contributed by atoms with Gasteiger partial charge in [0.05, 0.1) is 13.2 Å². The summed E-state index contributed by atoms with van der Waals surface area (Å²) in [6.07, 6.45) is 3.75. The fraction of sp³-hybridized carbons (Fsp3) is 0.923. The van der Waals surface area contributed by atoms with Crippen molar-refractivity contribution in [1.82, 2.24) is 5.32 Å². The molecule has 1 rings (SSSR count). The lowest BCUT2D eigenvalue weighted by molar-refractivity contribution is -0.148. The third kappa shape index (κ3) is 6.03. The lowest BCUT2D eigenvalue weighted by Gasteiger charge is -2.17. The Morgan fingerprint density at radius 2 is 2.24 bits per heavy atom. The van der Waals surface area contributed by atoms with Gasteiger partial charge in [0.2, 0.25) is 0 Å². The molecule has 1 atom stereocenters. The van der Waals surface area contributed by atoms with Gasteiger partial charge in [0.1, 0.15) is 6.61 Å². The van der Waals surface area contributed by atoms with Crippen LogP contribution in [0.4, 0.5) is 0 Å². The summed E-state index contributed by atoms with van der Waals surface area (Å²) in [4.78, 5) is 11.0. The van der Waals surface area contributed by atoms with E-state index in [-0.39, 0.29) is 12.6 Å². The highest BCUT2D eigenvalue weighted by atomic mass is 16.6. The van der Waals surface area contributed by atoms with E-state index in [4.69, 9.17) is 9.47 Å². The van der Waals surface area contributed by atoms with E-state index < -0.39 is 0 Å². The molecule has 0 spiro atoms. The van der Waals surface area contributed by atoms with Gasteiger partial charge in [-0.1, -0.05) is 13.8 Å². The van der Waals surface area contributed by atoms with Crippen LogP contribution in [0.25, 0.3) is 0 Å². The molecule has 0 aromatic rings. The molecule has 0 saturated heterocycles. The highest BCUT2D eigenvalue weighted by Gasteiger charge is 2.30. The zero-order valence-electron chi connectivity index (χ0n) is 11.3. The molecule has 0 bridgehead atoms. The van der Waals surface area contributed by atoms with Crippen LogP contribution in [0.5, 0.6) is 0 Å². The predicted molar refractivity (Wildman–Crippen MR) is 66.9 cm³/mol. The van der Waals surface area contributed by atoms with E-state index in [0.717, 1.165) is 6.54 Å². The quantitative estimate of drug-likeness (QED) is 0.546. The average Bonchev–Trinajstić information content (AvgIpc) is 2.58. The van der Waals surface area contributed by atoms with Crippen molar-refractivity contribution >= 4 is 5.97 Å². The summed E-state index contributed by atoms with van der Waals surface area (Å²) in [6, 6.07) is 0.608. The van der Waals surface area contributed by atoms with Gasteiger partial charge in [-0.2, -0.15) is 0 Å². The molecule has 0 radical (unpaired) electrons. The third-order valence-corrected chi connectivity index (χ3v) is 3.17. The van der Waals surface area contributed by atoms with Crippen molar-refractivity contribution in [3.8, 4) is 0 Å². The van der Waals surface area contributed by atoms with Crippen LogP contribution in [0.1, 0.15) is 40.0 Å². The molecule has 0 aliphatic heterocycles. The fourth-order valence-corrected chi connectivity index (χ4v) is 2.30. The first-order valence-corrected chi connectivity index (χ1v) is 6.50. The number of nitrogens with one attached hydrogen (secondary N) is 1. The summed E-state index contributed by atoms with van der Waals surface area (Å²) in [5.74, 6) is -0.283. The van der Waals surface area contributed by atoms with E-state index in [2.05, 4.69) is 19.2 Å². The summed E-state index contributed by atoms with van der Waals surface area (Å²) in [6.45, 7) is 8.26. The van der Waals surface area contributed by atoms with Gasteiger partial charge in [0.25, 0.3) is 0 Å². The van der Waals surface area contributed by atoms with E-state index in [1.807, 2.05) is 0 Å². The normalized spacial score (nSPS) is 22.6. The predicted octanol–water partition coefficient (Wildman–Crippen LogP) is 1.73. The van der Waals surface area contributed by atoms with Crippen LogP contribution in [0.2, 0.25) is 0 Å². The molecule has 100 valence electrons. The van der Waals surface area contributed by atoms with Crippen molar-refractivity contribution in [1.29, 1.82) is 0 Å². The molecule has 1 aliphatic carbocycles. The average molecular weight is 243 g/mol. The van der Waals surface area contributed by atoms with Gasteiger partial charge in [-0.3, -0.25) is 0 Å². The number of carbonyl (C=O) groups is 1. The van der Waals surface area contributed by atoms with E-state index in [1.165, 1.54) is 19.3 Å². The number of hydrogen-bond donors (Lipinski definition) is 1. The number of carbonyl (C=O) groups excluding carboxylic acids is 1. The highest BCUT2D eigenvalue weighted by Crippen LogP contribution is 2.36. The second-order valence-corrected chi connectivity index (χ2v) is 5.42. The number of ether oxygens (including phenoxy) is 2. The molecule has 0 aromatic heterocycles. The first kappa shape index (κ1) is 14.5. The van der Waals surface area contributed by atoms with Gasteiger partial charge in [-0.25, -0.2) is 4.79 Å². The molecule has 4 nitrogen and oxygen atoms in total. The standard InChI is InChI=1S/C13H25NO3/c1-4-17-12(15)10-16-8-7-14-11-5-6-13(2,3)9-11/h11,14H,4-10H2,1-3H3. The highest BCUT2D eigenvalue weighted by molar-refractivity contribution is 5.70. The van der Waals surface area contributed by atoms with Crippen LogP contribution in [0.3, 0.4) is 0 Å². The van der Waals surface area contributed by atoms with Crippen molar-refractivity contribution in [2.45, 2.75) is 46.1 Å². The van der Waals surface area contributed by atoms with E-state index in [1.54, 1.807) is 6.92 Å². The summed E-state index contributed by atoms with van der Waals surface area (Å²) < 4.78 is 9.99. The molecule has 0 amide bonds. The Morgan fingerprint density at radius 3 is 2.82 bits per heavy atom. The van der Waals surface area contributed by atoms with Crippen molar-refractivity contribution in [2.24, 2.45) is 5.41 Å². The van der Waals surface area contributed by atoms with Crippen molar-refractivity contribution in [3.63, 3.8) is 0 Å². The van der Waals surface area contributed by atoms with E-state index in [0.29, 0.717) is 24.7 Å². The molecule has 17 heavy (non-hydrogen) atoms. The molecule has 1 unspecified atom stereocenters. The summed E-state index contributed by atoms with van der Waals surface area (Å²) in [5.41, 5.74) is 0.476. The number of esters is 1. The Labute approximate surface area is 104 Å². The lowest BCUT2D eigenvalue weighted by atomic mass is 9.92. The van der Waals surface area contributed by atoms with Crippen LogP contribution >= 0.6 is 0 Å². The zero-order chi connectivity index (χ0) is 12.7. The van der Waals surface area contributed by atoms with Crippen LogP contribution in [0, 0.1) is 5.41 Å². The molecular weight excluding hydrogens is 218 g/mol. The molecule has 1 N–H and O–H groups in total. The van der Waals surface area contributed by atoms with Gasteiger partial charge in [0.15, 0.2) is 0 Å². The Morgan fingerprint density at radius 1 is 1.47 bits per heavy atom. The second-order valence-electron chi connectivity index (χ2n) is 5.42. The minimum absolute atomic E-state index is 0.0612. The fourth-order valence-electron chi connectivity index (χ4n) is 2.30. The zero-order valence-corrected chi connectivity index (χ0v) is 11.3. The topological polar surface area (TPSA) is 47.6 Å². The maximum Gasteiger partial charge on any atom is 0.332 e. The number of rotatable bonds is 7. The van der Waals surface area contributed by atoms with Crippen LogP contribution in [-0.2, 0) is 14.3 Å². The minimum Gasteiger partial charge on any atom is -0.464 e. The lowest BCUT2D eigenvalue weighted by Crippen LogP contribution is -2.31. The van der Waals surface area contributed by atoms with Gasteiger partial charge >= 0.3 is 5.97 Å². The molecule has 1 saturated carbocycles. The Hall–Kier alpha value is -0.610. The Balaban J connectivity index is 1.96. The Kier molecular flexibility index (Phi) is 5.92. The van der Waals surface area contributed by atoms with Crippen LogP contribution in [0.15, 0.2) is 0 Å². The minimum atomic E-state index is -0.283. The smallest absolute Gasteiger partial charge is 0.332 e. The first-order chi connectivity index (χ1) is 8.03. The maximum atomic E-state index is 11.0. The molecule has 0 heterocycles. The molecule has 0 aromatic carbocycles. The van der Waals surface area contributed by atoms with Crippen molar-refractivity contribution in [3.05, 3.63) is 0 Å². The monoisotopic (exact) mass is 243 g/mol. The summed E-state index contributed by atoms with van der Waals surface area (Å²) in [5, 5.41) is 3.47. The third-order valence-electron chi connectivity index (χ3n) is 3.17. The van der Waals surface area contributed by atoms with Gasteiger partial charge < -0.3 is 14.8 Å². The maximum absolute atomic E-state index is 11.0. The largest absolute Gasteiger partial charge is 0.464 e. The second kappa shape index (κ2) is 6.97. The van der Waals surface area contributed by atoms with E-state index >= 15 is 0 Å². The van der Waals surface area contributed by atoms with Crippen molar-refractivity contribution in [2.75, 3.05) is 26.4 Å². The SMILES string of the molecule is CCOC(=O)COCCNC1CCC(C)(C)C1. The molecule has 4 heteroatoms. The van der Waals surface area contributed by atoms with Gasteiger partial charge in [-0.15, -0.1) is 0 Å². The number of hydrogen-bond acceptors (Lipinski definition) is 4. The van der Waals surface area contributed by atoms with E-state index in [9.17, 15) is 4.79 Å². The molecule has 1 fully saturated rings. The van der Waals surface area contributed by atoms with Crippen molar-refractivity contribution < 1.29 is 14.3 Å². The van der Waals surface area contributed by atoms with Gasteiger partial charge in [-0.05, 0) is 31.6 Å².